The van der Waals surface area contributed by atoms with Gasteiger partial charge in [-0.1, -0.05) is 12.1 Å². The lowest BCUT2D eigenvalue weighted by Gasteiger charge is -2.31. The minimum absolute atomic E-state index is 0.0150. The molecule has 1 aliphatic heterocycles. The van der Waals surface area contributed by atoms with Gasteiger partial charge in [0, 0.05) is 30.7 Å². The normalized spacial score (nSPS) is 14.2. The zero-order valence-corrected chi connectivity index (χ0v) is 21.7. The summed E-state index contributed by atoms with van der Waals surface area (Å²) in [5, 5.41) is 3.04. The van der Waals surface area contributed by atoms with E-state index in [4.69, 9.17) is 14.5 Å². The number of carbonyl (C=O) groups is 2. The maximum Gasteiger partial charge on any atom is 0.309 e. The maximum absolute atomic E-state index is 13.5. The van der Waals surface area contributed by atoms with E-state index in [1.165, 1.54) is 5.56 Å². The zero-order chi connectivity index (χ0) is 24.9. The summed E-state index contributed by atoms with van der Waals surface area (Å²) in [4.78, 5) is 32.2. The molecule has 0 saturated carbocycles. The number of carbonyl (C=O) groups excluding carboxylic acids is 2. The fourth-order valence-corrected chi connectivity index (χ4v) is 5.23. The van der Waals surface area contributed by atoms with Crippen LogP contribution in [0.3, 0.4) is 0 Å². The van der Waals surface area contributed by atoms with Gasteiger partial charge in [-0.25, -0.2) is 4.98 Å². The Labute approximate surface area is 210 Å². The summed E-state index contributed by atoms with van der Waals surface area (Å²) in [5.41, 5.74) is 4.70. The Balaban J connectivity index is 1.55. The Morgan fingerprint density at radius 3 is 2.46 bits per heavy atom. The molecular formula is C27H33N3O4S. The lowest BCUT2D eigenvalue weighted by molar-refractivity contribution is -0.149. The van der Waals surface area contributed by atoms with Crippen LogP contribution in [0.25, 0.3) is 11.4 Å². The quantitative estimate of drug-likeness (QED) is 0.416. The van der Waals surface area contributed by atoms with Crippen LogP contribution >= 0.6 is 11.3 Å². The number of methoxy groups -OCH3 is 1. The summed E-state index contributed by atoms with van der Waals surface area (Å²) in [7, 11) is 1.66. The van der Waals surface area contributed by atoms with Crippen LogP contribution in [-0.4, -0.2) is 53.1 Å². The Kier molecular flexibility index (Phi) is 7.90. The highest BCUT2D eigenvalue weighted by atomic mass is 32.1. The van der Waals surface area contributed by atoms with Crippen LogP contribution in [-0.2, 0) is 22.5 Å². The van der Waals surface area contributed by atoms with Crippen molar-refractivity contribution in [2.24, 2.45) is 5.92 Å². The summed E-state index contributed by atoms with van der Waals surface area (Å²) in [6.45, 7) is 8.07. The van der Waals surface area contributed by atoms with Crippen LogP contribution in [0, 0.1) is 19.8 Å². The maximum atomic E-state index is 13.5. The van der Waals surface area contributed by atoms with Gasteiger partial charge in [0.2, 0.25) is 0 Å². The molecule has 0 radical (unpaired) electrons. The molecule has 186 valence electrons. The zero-order valence-electron chi connectivity index (χ0n) is 20.9. The lowest BCUT2D eigenvalue weighted by Crippen LogP contribution is -2.40. The fourth-order valence-electron chi connectivity index (χ4n) is 4.62. The fraction of sp³-hybridized carbons (Fsp3) is 0.444. The highest BCUT2D eigenvalue weighted by Crippen LogP contribution is 2.30. The number of thiazole rings is 1. The smallest absolute Gasteiger partial charge is 0.309 e. The Bertz CT molecular complexity index is 1170. The van der Waals surface area contributed by atoms with Crippen molar-refractivity contribution in [3.05, 3.63) is 57.5 Å². The first-order valence-corrected chi connectivity index (χ1v) is 13.0. The largest absolute Gasteiger partial charge is 0.497 e. The molecule has 3 heterocycles. The van der Waals surface area contributed by atoms with E-state index < -0.39 is 0 Å². The van der Waals surface area contributed by atoms with Gasteiger partial charge in [-0.2, -0.15) is 0 Å². The molecule has 8 heteroatoms. The molecule has 0 bridgehead atoms. The van der Waals surface area contributed by atoms with Gasteiger partial charge in [0.1, 0.15) is 5.75 Å². The summed E-state index contributed by atoms with van der Waals surface area (Å²) in [6, 6.07) is 10.1. The van der Waals surface area contributed by atoms with E-state index in [1.807, 2.05) is 49.3 Å². The number of hydrogen-bond acceptors (Lipinski definition) is 6. The van der Waals surface area contributed by atoms with Crippen molar-refractivity contribution in [3.8, 4) is 17.1 Å². The van der Waals surface area contributed by atoms with Crippen LogP contribution in [0.15, 0.2) is 35.7 Å². The number of hydrogen-bond donors (Lipinski definition) is 0. The standard InChI is InChI=1S/C27H33N3O4S/c1-5-34-27(32)21-11-13-29(14-12-21)26(31)23-16-25(24-17-35-19(3)28-24)30(18(23)2)15-10-20-6-8-22(33-4)9-7-20/h6-9,16-17,21H,5,10-15H2,1-4H3. The molecular weight excluding hydrogens is 462 g/mol. The van der Waals surface area contributed by atoms with E-state index in [0.29, 0.717) is 38.1 Å². The molecule has 1 fully saturated rings. The Morgan fingerprint density at radius 2 is 1.86 bits per heavy atom. The van der Waals surface area contributed by atoms with Gasteiger partial charge in [0.05, 0.1) is 41.6 Å². The first-order valence-electron chi connectivity index (χ1n) is 12.1. The highest BCUT2D eigenvalue weighted by Gasteiger charge is 2.30. The van der Waals surface area contributed by atoms with Gasteiger partial charge in [0.15, 0.2) is 0 Å². The number of rotatable bonds is 8. The molecule has 4 rings (SSSR count). The van der Waals surface area contributed by atoms with Crippen molar-refractivity contribution in [3.63, 3.8) is 0 Å². The number of benzene rings is 1. The number of esters is 1. The number of nitrogens with zero attached hydrogens (tertiary/aromatic N) is 3. The average molecular weight is 496 g/mol. The van der Waals surface area contributed by atoms with Gasteiger partial charge in [-0.05, 0) is 63.8 Å². The van der Waals surface area contributed by atoms with Gasteiger partial charge < -0.3 is 18.9 Å². The third kappa shape index (κ3) is 5.59. The molecule has 1 aromatic carbocycles. The molecule has 1 saturated heterocycles. The number of piperidine rings is 1. The molecule has 0 N–H and O–H groups in total. The van der Waals surface area contributed by atoms with Crippen LogP contribution in [0.1, 0.15) is 46.4 Å². The van der Waals surface area contributed by atoms with E-state index in [2.05, 4.69) is 16.7 Å². The van der Waals surface area contributed by atoms with Gasteiger partial charge in [-0.3, -0.25) is 9.59 Å². The predicted molar refractivity (Wildman–Crippen MR) is 137 cm³/mol. The third-order valence-electron chi connectivity index (χ3n) is 6.66. The molecule has 35 heavy (non-hydrogen) atoms. The van der Waals surface area contributed by atoms with Crippen LogP contribution in [0.5, 0.6) is 5.75 Å². The molecule has 3 aromatic rings. The van der Waals surface area contributed by atoms with Crippen molar-refractivity contribution in [2.75, 3.05) is 26.8 Å². The molecule has 0 unspecified atom stereocenters. The van der Waals surface area contributed by atoms with Crippen molar-refractivity contribution < 1.29 is 19.1 Å². The SMILES string of the molecule is CCOC(=O)C1CCN(C(=O)c2cc(-c3csc(C)n3)n(CCc3ccc(OC)cc3)c2C)CC1. The first-order chi connectivity index (χ1) is 16.9. The van der Waals surface area contributed by atoms with E-state index in [9.17, 15) is 9.59 Å². The Hall–Kier alpha value is -3.13. The second-order valence-corrected chi connectivity index (χ2v) is 9.91. The number of ether oxygens (including phenoxy) is 2. The van der Waals surface area contributed by atoms with Crippen LogP contribution in [0.2, 0.25) is 0 Å². The minimum Gasteiger partial charge on any atom is -0.497 e. The number of amides is 1. The number of aryl methyl sites for hydroxylation is 2. The van der Waals surface area contributed by atoms with Crippen molar-refractivity contribution >= 4 is 23.2 Å². The third-order valence-corrected chi connectivity index (χ3v) is 7.44. The second kappa shape index (κ2) is 11.1. The van der Waals surface area contributed by atoms with Crippen molar-refractivity contribution in [1.82, 2.24) is 14.5 Å². The van der Waals surface area contributed by atoms with Gasteiger partial charge >= 0.3 is 5.97 Å². The van der Waals surface area contributed by atoms with E-state index in [1.54, 1.807) is 18.4 Å². The lowest BCUT2D eigenvalue weighted by atomic mass is 9.96. The summed E-state index contributed by atoms with van der Waals surface area (Å²) in [5.74, 6) is 0.578. The van der Waals surface area contributed by atoms with E-state index >= 15 is 0 Å². The molecule has 7 nitrogen and oxygen atoms in total. The number of aromatic nitrogens is 2. The second-order valence-electron chi connectivity index (χ2n) is 8.85. The summed E-state index contributed by atoms with van der Waals surface area (Å²) >= 11 is 1.61. The highest BCUT2D eigenvalue weighted by molar-refractivity contribution is 7.09. The molecule has 0 spiro atoms. The average Bonchev–Trinajstić information content (AvgIpc) is 3.45. The molecule has 0 atom stereocenters. The molecule has 2 aromatic heterocycles. The van der Waals surface area contributed by atoms with Gasteiger partial charge in [0.25, 0.3) is 5.91 Å². The monoisotopic (exact) mass is 495 g/mol. The van der Waals surface area contributed by atoms with E-state index in [-0.39, 0.29) is 17.8 Å². The first kappa shape index (κ1) is 25.0. The predicted octanol–water partition coefficient (Wildman–Crippen LogP) is 4.90. The van der Waals surface area contributed by atoms with Crippen molar-refractivity contribution in [2.45, 2.75) is 46.6 Å². The summed E-state index contributed by atoms with van der Waals surface area (Å²) < 4.78 is 12.6. The van der Waals surface area contributed by atoms with Crippen molar-refractivity contribution in [1.29, 1.82) is 0 Å². The van der Waals surface area contributed by atoms with E-state index in [0.717, 1.165) is 40.8 Å². The van der Waals surface area contributed by atoms with Crippen LogP contribution < -0.4 is 4.74 Å². The minimum atomic E-state index is -0.151. The number of likely N-dealkylation sites (tertiary alicyclic amines) is 1. The molecule has 0 aliphatic carbocycles. The Morgan fingerprint density at radius 1 is 1.14 bits per heavy atom. The molecule has 1 amide bonds. The van der Waals surface area contributed by atoms with Crippen LogP contribution in [0.4, 0.5) is 0 Å². The van der Waals surface area contributed by atoms with Gasteiger partial charge in [-0.15, -0.1) is 11.3 Å². The molecule has 1 aliphatic rings. The topological polar surface area (TPSA) is 73.7 Å². The summed E-state index contributed by atoms with van der Waals surface area (Å²) in [6.07, 6.45) is 2.11.